The second-order valence-electron chi connectivity index (χ2n) is 2.30. The van der Waals surface area contributed by atoms with Crippen molar-refractivity contribution < 1.29 is 20.1 Å². The Morgan fingerprint density at radius 2 is 2.18 bits per heavy atom. The molecule has 0 bridgehead atoms. The lowest BCUT2D eigenvalue weighted by atomic mass is 10.1. The van der Waals surface area contributed by atoms with Crippen LogP contribution in [-0.4, -0.2) is 40.2 Å². The second-order valence-corrected chi connectivity index (χ2v) is 3.54. The van der Waals surface area contributed by atoms with Gasteiger partial charge in [-0.15, -0.1) is 0 Å². The van der Waals surface area contributed by atoms with E-state index >= 15 is 0 Å². The van der Waals surface area contributed by atoms with Gasteiger partial charge in [-0.05, 0) is 22.6 Å². The largest absolute Gasteiger partial charge is 0.492 e. The van der Waals surface area contributed by atoms with Crippen LogP contribution in [0.15, 0.2) is 9.84 Å². The van der Waals surface area contributed by atoms with Gasteiger partial charge in [0.2, 0.25) is 0 Å². The lowest BCUT2D eigenvalue weighted by Gasteiger charge is -2.28. The molecule has 3 atom stereocenters. The molecule has 1 rings (SSSR count). The number of aliphatic hydroxyl groups excluding tert-OH is 3. The number of hydrogen-bond donors (Lipinski definition) is 3. The van der Waals surface area contributed by atoms with E-state index in [2.05, 4.69) is 0 Å². The van der Waals surface area contributed by atoms with Crippen LogP contribution >= 0.6 is 22.6 Å². The van der Waals surface area contributed by atoms with Crippen LogP contribution in [0.5, 0.6) is 0 Å². The van der Waals surface area contributed by atoms with E-state index in [1.807, 2.05) is 22.6 Å². The van der Waals surface area contributed by atoms with E-state index in [9.17, 15) is 10.2 Å². The van der Waals surface area contributed by atoms with E-state index in [1.54, 1.807) is 0 Å². The van der Waals surface area contributed by atoms with Crippen LogP contribution < -0.4 is 0 Å². The lowest BCUT2D eigenvalue weighted by Crippen LogP contribution is -2.43. The molecular formula is C6H9IO4. The molecule has 0 fully saturated rings. The molecule has 0 aromatic rings. The molecule has 5 heteroatoms. The molecule has 0 saturated heterocycles. The van der Waals surface area contributed by atoms with Gasteiger partial charge in [0, 0.05) is 0 Å². The molecule has 1 aliphatic rings. The van der Waals surface area contributed by atoms with E-state index in [4.69, 9.17) is 9.84 Å². The van der Waals surface area contributed by atoms with Crippen molar-refractivity contribution in [2.45, 2.75) is 18.3 Å². The van der Waals surface area contributed by atoms with Crippen LogP contribution in [0.1, 0.15) is 0 Å². The van der Waals surface area contributed by atoms with Crippen LogP contribution in [0.3, 0.4) is 0 Å². The molecule has 1 heterocycles. The molecule has 0 unspecified atom stereocenters. The van der Waals surface area contributed by atoms with Crippen molar-refractivity contribution in [3.8, 4) is 0 Å². The van der Waals surface area contributed by atoms with E-state index in [1.165, 1.54) is 6.26 Å². The zero-order chi connectivity index (χ0) is 8.43. The van der Waals surface area contributed by atoms with Crippen LogP contribution in [-0.2, 0) is 4.74 Å². The third kappa shape index (κ3) is 1.84. The minimum Gasteiger partial charge on any atom is -0.492 e. The first-order valence-corrected chi connectivity index (χ1v) is 4.22. The fraction of sp³-hybridized carbons (Fsp3) is 0.667. The maximum absolute atomic E-state index is 9.23. The molecule has 0 saturated carbocycles. The normalized spacial score (nSPS) is 37.8. The van der Waals surface area contributed by atoms with Crippen molar-refractivity contribution in [2.75, 3.05) is 6.61 Å². The van der Waals surface area contributed by atoms with Gasteiger partial charge in [-0.1, -0.05) is 0 Å². The molecule has 1 aliphatic heterocycles. The second kappa shape index (κ2) is 3.70. The molecule has 11 heavy (non-hydrogen) atoms. The van der Waals surface area contributed by atoms with Gasteiger partial charge in [0.25, 0.3) is 0 Å². The fourth-order valence-corrected chi connectivity index (χ4v) is 1.34. The summed E-state index contributed by atoms with van der Waals surface area (Å²) < 4.78 is 5.43. The highest BCUT2D eigenvalue weighted by Crippen LogP contribution is 2.23. The monoisotopic (exact) mass is 272 g/mol. The molecule has 64 valence electrons. The molecular weight excluding hydrogens is 263 g/mol. The average Bonchev–Trinajstić information content (AvgIpc) is 2.01. The van der Waals surface area contributed by atoms with Crippen LogP contribution in [0.2, 0.25) is 0 Å². The minimum absolute atomic E-state index is 0.293. The Bertz CT molecular complexity index is 170. The summed E-state index contributed by atoms with van der Waals surface area (Å²) in [5, 5.41) is 27.1. The summed E-state index contributed by atoms with van der Waals surface area (Å²) in [4.78, 5) is 0. The van der Waals surface area contributed by atoms with Gasteiger partial charge < -0.3 is 20.1 Å². The lowest BCUT2D eigenvalue weighted by molar-refractivity contribution is -0.0817. The van der Waals surface area contributed by atoms with Gasteiger partial charge in [-0.25, -0.2) is 0 Å². The van der Waals surface area contributed by atoms with Crippen LogP contribution in [0, 0.1) is 0 Å². The van der Waals surface area contributed by atoms with Crippen molar-refractivity contribution in [1.29, 1.82) is 0 Å². The molecule has 0 aromatic heterocycles. The minimum atomic E-state index is -1.03. The first kappa shape index (κ1) is 9.24. The maximum atomic E-state index is 9.23. The number of hydrogen-bond acceptors (Lipinski definition) is 4. The zero-order valence-corrected chi connectivity index (χ0v) is 7.80. The highest BCUT2D eigenvalue weighted by molar-refractivity contribution is 14.1. The smallest absolute Gasteiger partial charge is 0.149 e. The number of aliphatic hydroxyl groups is 3. The van der Waals surface area contributed by atoms with E-state index < -0.39 is 18.3 Å². The fourth-order valence-electron chi connectivity index (χ4n) is 0.820. The predicted octanol–water partition coefficient (Wildman–Crippen LogP) is -0.624. The van der Waals surface area contributed by atoms with Gasteiger partial charge in [-0.2, -0.15) is 0 Å². The summed E-state index contributed by atoms with van der Waals surface area (Å²) in [5.74, 6) is 0. The summed E-state index contributed by atoms with van der Waals surface area (Å²) in [6.45, 7) is -0.293. The first-order chi connectivity index (χ1) is 5.16. The Morgan fingerprint density at radius 3 is 2.73 bits per heavy atom. The van der Waals surface area contributed by atoms with E-state index in [-0.39, 0.29) is 6.61 Å². The summed E-state index contributed by atoms with van der Waals surface area (Å²) in [6, 6.07) is 0. The predicted molar refractivity (Wildman–Crippen MR) is 46.1 cm³/mol. The van der Waals surface area contributed by atoms with Crippen molar-refractivity contribution in [3.05, 3.63) is 9.84 Å². The van der Waals surface area contributed by atoms with Gasteiger partial charge in [0.1, 0.15) is 18.3 Å². The first-order valence-electron chi connectivity index (χ1n) is 3.15. The molecule has 4 nitrogen and oxygen atoms in total. The molecule has 3 N–H and O–H groups in total. The quantitative estimate of drug-likeness (QED) is 0.556. The summed E-state index contributed by atoms with van der Waals surface area (Å²) >= 11 is 1.87. The topological polar surface area (TPSA) is 69.9 Å². The van der Waals surface area contributed by atoms with Gasteiger partial charge in [-0.3, -0.25) is 0 Å². The number of rotatable bonds is 1. The summed E-state index contributed by atoms with van der Waals surface area (Å²) in [7, 11) is 0. The van der Waals surface area contributed by atoms with Crippen LogP contribution in [0.4, 0.5) is 0 Å². The molecule has 0 aliphatic carbocycles. The average molecular weight is 272 g/mol. The molecule has 0 spiro atoms. The standard InChI is InChI=1S/C6H9IO4/c7-3-2-11-4(1-8)6(10)5(3)9/h2,4-6,8-10H,1H2/t4-,5-,6-/m1/s1. The van der Waals surface area contributed by atoms with Crippen molar-refractivity contribution in [3.63, 3.8) is 0 Å². The Labute approximate surface area is 77.6 Å². The van der Waals surface area contributed by atoms with Crippen molar-refractivity contribution in [2.24, 2.45) is 0 Å². The Morgan fingerprint density at radius 1 is 1.55 bits per heavy atom. The highest BCUT2D eigenvalue weighted by atomic mass is 127. The molecule has 0 aromatic carbocycles. The van der Waals surface area contributed by atoms with Crippen molar-refractivity contribution >= 4 is 22.6 Å². The van der Waals surface area contributed by atoms with E-state index in [0.29, 0.717) is 3.58 Å². The van der Waals surface area contributed by atoms with E-state index in [0.717, 1.165) is 0 Å². The summed E-state index contributed by atoms with van der Waals surface area (Å²) in [5.41, 5.74) is 0. The van der Waals surface area contributed by atoms with Gasteiger partial charge >= 0.3 is 0 Å². The molecule has 0 radical (unpaired) electrons. The van der Waals surface area contributed by atoms with Crippen LogP contribution in [0.25, 0.3) is 0 Å². The summed E-state index contributed by atoms with van der Waals surface area (Å²) in [6.07, 6.45) is -1.32. The molecule has 0 amide bonds. The highest BCUT2D eigenvalue weighted by Gasteiger charge is 2.32. The Balaban J connectivity index is 2.68. The van der Waals surface area contributed by atoms with Gasteiger partial charge in [0.05, 0.1) is 16.4 Å². The maximum Gasteiger partial charge on any atom is 0.149 e. The number of ether oxygens (including phenoxy) is 1. The number of halogens is 1. The zero-order valence-electron chi connectivity index (χ0n) is 5.64. The third-order valence-electron chi connectivity index (χ3n) is 1.52. The van der Waals surface area contributed by atoms with Gasteiger partial charge in [0.15, 0.2) is 0 Å². The third-order valence-corrected chi connectivity index (χ3v) is 2.41. The van der Waals surface area contributed by atoms with Crippen molar-refractivity contribution in [1.82, 2.24) is 0 Å². The Hall–Kier alpha value is 0.150. The SMILES string of the molecule is OC[C@H]1OC=C(I)[C@@H](O)[C@@H]1O. The Kier molecular flexibility index (Phi) is 3.11.